The molecule has 2 aromatic rings. The predicted molar refractivity (Wildman–Crippen MR) is 101 cm³/mol. The highest BCUT2D eigenvalue weighted by molar-refractivity contribution is 5.96. The Morgan fingerprint density at radius 1 is 1.07 bits per heavy atom. The minimum atomic E-state index is -1.03. The summed E-state index contributed by atoms with van der Waals surface area (Å²) in [6.07, 6.45) is 1.66. The zero-order chi connectivity index (χ0) is 20.7. The highest BCUT2D eigenvalue weighted by atomic mass is 16.5. The van der Waals surface area contributed by atoms with Gasteiger partial charge in [0, 0.05) is 23.8 Å². The van der Waals surface area contributed by atoms with Crippen molar-refractivity contribution < 1.29 is 33.1 Å². The average Bonchev–Trinajstić information content (AvgIpc) is 3.09. The molecule has 1 N–H and O–H groups in total. The van der Waals surface area contributed by atoms with Gasteiger partial charge in [-0.2, -0.15) is 0 Å². The summed E-state index contributed by atoms with van der Waals surface area (Å²) in [5, 5.41) is 6.14. The SMILES string of the molecule is COc1cc(OC)c(OC)cc1/C=C/C(=O)O[C@H](C)C(=O)Nc1cc(C)on1. The lowest BCUT2D eigenvalue weighted by atomic mass is 10.1. The fourth-order valence-electron chi connectivity index (χ4n) is 2.26. The Hall–Kier alpha value is -3.49. The van der Waals surface area contributed by atoms with Gasteiger partial charge in [-0.3, -0.25) is 4.79 Å². The highest BCUT2D eigenvalue weighted by Crippen LogP contribution is 2.35. The third-order valence-electron chi connectivity index (χ3n) is 3.68. The Morgan fingerprint density at radius 3 is 2.29 bits per heavy atom. The van der Waals surface area contributed by atoms with E-state index in [1.807, 2.05) is 0 Å². The number of anilines is 1. The third-order valence-corrected chi connectivity index (χ3v) is 3.68. The number of rotatable bonds is 8. The van der Waals surface area contributed by atoms with Crippen LogP contribution in [0, 0.1) is 6.92 Å². The van der Waals surface area contributed by atoms with Crippen LogP contribution in [0.25, 0.3) is 6.08 Å². The number of benzene rings is 1. The molecule has 0 radical (unpaired) electrons. The van der Waals surface area contributed by atoms with E-state index in [4.69, 9.17) is 23.5 Å². The first-order valence-corrected chi connectivity index (χ1v) is 8.30. The maximum absolute atomic E-state index is 12.0. The molecule has 1 aromatic carbocycles. The topological polar surface area (TPSA) is 109 Å². The van der Waals surface area contributed by atoms with Crippen LogP contribution in [0.15, 0.2) is 28.8 Å². The quantitative estimate of drug-likeness (QED) is 0.541. The summed E-state index contributed by atoms with van der Waals surface area (Å²) in [6, 6.07) is 4.85. The maximum atomic E-state index is 12.0. The smallest absolute Gasteiger partial charge is 0.331 e. The van der Waals surface area contributed by atoms with Gasteiger partial charge in [-0.1, -0.05) is 5.16 Å². The largest absolute Gasteiger partial charge is 0.496 e. The van der Waals surface area contributed by atoms with Crippen LogP contribution in [0.1, 0.15) is 18.2 Å². The van der Waals surface area contributed by atoms with Gasteiger partial charge in [0.05, 0.1) is 21.3 Å². The van der Waals surface area contributed by atoms with Crippen molar-refractivity contribution in [2.24, 2.45) is 0 Å². The van der Waals surface area contributed by atoms with Gasteiger partial charge >= 0.3 is 5.97 Å². The Morgan fingerprint density at radius 2 is 1.71 bits per heavy atom. The van der Waals surface area contributed by atoms with Gasteiger partial charge in [0.25, 0.3) is 5.91 Å². The summed E-state index contributed by atoms with van der Waals surface area (Å²) in [5.74, 6) is 1.02. The molecule has 2 rings (SSSR count). The van der Waals surface area contributed by atoms with E-state index in [1.165, 1.54) is 40.4 Å². The number of carbonyl (C=O) groups excluding carboxylic acids is 2. The molecule has 28 heavy (non-hydrogen) atoms. The molecule has 0 spiro atoms. The lowest BCUT2D eigenvalue weighted by molar-refractivity contribution is -0.148. The van der Waals surface area contributed by atoms with Crippen LogP contribution in [-0.2, 0) is 14.3 Å². The first-order chi connectivity index (χ1) is 13.4. The van der Waals surface area contributed by atoms with Gasteiger partial charge in [0.1, 0.15) is 11.5 Å². The minimum Gasteiger partial charge on any atom is -0.496 e. The van der Waals surface area contributed by atoms with Crippen molar-refractivity contribution in [1.29, 1.82) is 0 Å². The Labute approximate surface area is 162 Å². The average molecular weight is 390 g/mol. The number of nitrogens with one attached hydrogen (secondary N) is 1. The molecule has 0 saturated heterocycles. The number of hydrogen-bond donors (Lipinski definition) is 1. The van der Waals surface area contributed by atoms with Crippen LogP contribution >= 0.6 is 0 Å². The van der Waals surface area contributed by atoms with Crippen LogP contribution in [0.4, 0.5) is 5.82 Å². The number of hydrogen-bond acceptors (Lipinski definition) is 8. The third kappa shape index (κ3) is 5.26. The molecule has 0 unspecified atom stereocenters. The first kappa shape index (κ1) is 20.8. The number of esters is 1. The Balaban J connectivity index is 2.03. The van der Waals surface area contributed by atoms with E-state index in [0.717, 1.165) is 0 Å². The lowest BCUT2D eigenvalue weighted by Gasteiger charge is -2.12. The molecule has 0 bridgehead atoms. The van der Waals surface area contributed by atoms with Crippen molar-refractivity contribution in [2.75, 3.05) is 26.6 Å². The number of nitrogens with zero attached hydrogens (tertiary/aromatic N) is 1. The van der Waals surface area contributed by atoms with Gasteiger partial charge < -0.3 is 28.8 Å². The molecule has 1 atom stereocenters. The van der Waals surface area contributed by atoms with Crippen molar-refractivity contribution >= 4 is 23.8 Å². The lowest BCUT2D eigenvalue weighted by Crippen LogP contribution is -2.29. The first-order valence-electron chi connectivity index (χ1n) is 8.30. The van der Waals surface area contributed by atoms with Crippen molar-refractivity contribution in [1.82, 2.24) is 5.16 Å². The molecule has 0 saturated carbocycles. The maximum Gasteiger partial charge on any atom is 0.331 e. The van der Waals surface area contributed by atoms with Crippen molar-refractivity contribution in [3.63, 3.8) is 0 Å². The monoisotopic (exact) mass is 390 g/mol. The molecule has 150 valence electrons. The van der Waals surface area contributed by atoms with Gasteiger partial charge in [-0.25, -0.2) is 4.79 Å². The second kappa shape index (κ2) is 9.45. The molecular weight excluding hydrogens is 368 g/mol. The molecule has 0 aliphatic heterocycles. The summed E-state index contributed by atoms with van der Waals surface area (Å²) in [6.45, 7) is 3.14. The van der Waals surface area contributed by atoms with E-state index in [-0.39, 0.29) is 5.82 Å². The van der Waals surface area contributed by atoms with E-state index in [1.54, 1.807) is 25.1 Å². The summed E-state index contributed by atoms with van der Waals surface area (Å²) < 4.78 is 25.7. The van der Waals surface area contributed by atoms with Gasteiger partial charge in [-0.15, -0.1) is 0 Å². The molecule has 1 amide bonds. The zero-order valence-electron chi connectivity index (χ0n) is 16.3. The summed E-state index contributed by atoms with van der Waals surface area (Å²) >= 11 is 0. The molecule has 1 aromatic heterocycles. The van der Waals surface area contributed by atoms with E-state index in [2.05, 4.69) is 10.5 Å². The number of amides is 1. The summed E-state index contributed by atoms with van der Waals surface area (Å²) in [7, 11) is 4.51. The number of aryl methyl sites for hydroxylation is 1. The second-order valence-corrected chi connectivity index (χ2v) is 5.67. The number of ether oxygens (including phenoxy) is 4. The van der Waals surface area contributed by atoms with Crippen LogP contribution in [-0.4, -0.2) is 44.5 Å². The molecule has 9 heteroatoms. The normalized spacial score (nSPS) is 11.8. The van der Waals surface area contributed by atoms with Gasteiger partial charge in [0.15, 0.2) is 23.4 Å². The summed E-state index contributed by atoms with van der Waals surface area (Å²) in [4.78, 5) is 24.1. The fourth-order valence-corrected chi connectivity index (χ4v) is 2.26. The molecule has 0 fully saturated rings. The zero-order valence-corrected chi connectivity index (χ0v) is 16.3. The van der Waals surface area contributed by atoms with Crippen LogP contribution in [0.2, 0.25) is 0 Å². The standard InChI is InChI=1S/C19H22N2O7/c1-11-8-17(21-28-11)20-19(23)12(2)27-18(22)7-6-13-9-15(25-4)16(26-5)10-14(13)24-3/h6-10,12H,1-5H3,(H,20,21,23)/b7-6+/t12-/m1/s1. The number of methoxy groups -OCH3 is 3. The molecule has 9 nitrogen and oxygen atoms in total. The fraction of sp³-hybridized carbons (Fsp3) is 0.316. The Bertz CT molecular complexity index is 873. The van der Waals surface area contributed by atoms with Crippen LogP contribution in [0.5, 0.6) is 17.2 Å². The Kier molecular flexibility index (Phi) is 7.02. The van der Waals surface area contributed by atoms with Crippen LogP contribution in [0.3, 0.4) is 0 Å². The second-order valence-electron chi connectivity index (χ2n) is 5.67. The van der Waals surface area contributed by atoms with E-state index in [9.17, 15) is 9.59 Å². The predicted octanol–water partition coefficient (Wildman–Crippen LogP) is 2.59. The number of aromatic nitrogens is 1. The van der Waals surface area contributed by atoms with E-state index < -0.39 is 18.0 Å². The number of carbonyl (C=O) groups is 2. The summed E-state index contributed by atoms with van der Waals surface area (Å²) in [5.41, 5.74) is 0.576. The van der Waals surface area contributed by atoms with Crippen molar-refractivity contribution in [3.05, 3.63) is 35.6 Å². The molecular formula is C19H22N2O7. The van der Waals surface area contributed by atoms with Crippen molar-refractivity contribution in [3.8, 4) is 17.2 Å². The minimum absolute atomic E-state index is 0.246. The molecule has 1 heterocycles. The highest BCUT2D eigenvalue weighted by Gasteiger charge is 2.18. The van der Waals surface area contributed by atoms with Crippen LogP contribution < -0.4 is 19.5 Å². The molecule has 0 aliphatic carbocycles. The van der Waals surface area contributed by atoms with E-state index in [0.29, 0.717) is 28.6 Å². The van der Waals surface area contributed by atoms with Gasteiger partial charge in [-0.05, 0) is 26.0 Å². The van der Waals surface area contributed by atoms with Crippen molar-refractivity contribution in [2.45, 2.75) is 20.0 Å². The van der Waals surface area contributed by atoms with Gasteiger partial charge in [0.2, 0.25) is 0 Å². The van der Waals surface area contributed by atoms with E-state index >= 15 is 0 Å². The molecule has 0 aliphatic rings.